The van der Waals surface area contributed by atoms with Crippen molar-refractivity contribution in [2.24, 2.45) is 5.92 Å². The Morgan fingerprint density at radius 1 is 1.38 bits per heavy atom. The molecule has 76 valence electrons. The lowest BCUT2D eigenvalue weighted by atomic mass is 9.96. The molecule has 0 saturated heterocycles. The summed E-state index contributed by atoms with van der Waals surface area (Å²) in [5.74, 6) is 0.760. The van der Waals surface area contributed by atoms with Gasteiger partial charge in [-0.25, -0.2) is 0 Å². The molecule has 0 aromatic carbocycles. The van der Waals surface area contributed by atoms with Crippen molar-refractivity contribution >= 4 is 0 Å². The lowest BCUT2D eigenvalue weighted by Crippen LogP contribution is -2.41. The first-order chi connectivity index (χ1) is 6.24. The first-order valence-electron chi connectivity index (χ1n) is 5.65. The summed E-state index contributed by atoms with van der Waals surface area (Å²) in [4.78, 5) is 0. The minimum absolute atomic E-state index is 0.705. The van der Waals surface area contributed by atoms with Crippen molar-refractivity contribution in [3.8, 4) is 0 Å². The van der Waals surface area contributed by atoms with E-state index in [1.165, 1.54) is 25.7 Å². The van der Waals surface area contributed by atoms with Crippen molar-refractivity contribution in [1.82, 2.24) is 5.32 Å². The molecule has 0 aromatic rings. The topological polar surface area (TPSA) is 12.0 Å². The molecular formula is C12H23N. The highest BCUT2D eigenvalue weighted by Gasteiger charge is 2.16. The van der Waals surface area contributed by atoms with Crippen LogP contribution in [0.3, 0.4) is 0 Å². The van der Waals surface area contributed by atoms with Crippen molar-refractivity contribution in [1.29, 1.82) is 0 Å². The highest BCUT2D eigenvalue weighted by atomic mass is 15.0. The maximum atomic E-state index is 3.75. The quantitative estimate of drug-likeness (QED) is 0.657. The summed E-state index contributed by atoms with van der Waals surface area (Å²) >= 11 is 0. The van der Waals surface area contributed by atoms with Crippen molar-refractivity contribution < 1.29 is 0 Å². The Balaban J connectivity index is 2.32. The van der Waals surface area contributed by atoms with Gasteiger partial charge in [0, 0.05) is 12.1 Å². The van der Waals surface area contributed by atoms with Crippen LogP contribution in [0.4, 0.5) is 0 Å². The highest BCUT2D eigenvalue weighted by Crippen LogP contribution is 2.14. The third-order valence-corrected chi connectivity index (χ3v) is 2.96. The zero-order valence-corrected chi connectivity index (χ0v) is 9.22. The van der Waals surface area contributed by atoms with Crippen LogP contribution in [0, 0.1) is 5.92 Å². The number of hydrogen-bond acceptors (Lipinski definition) is 1. The van der Waals surface area contributed by atoms with E-state index < -0.39 is 0 Å². The Morgan fingerprint density at radius 3 is 2.62 bits per heavy atom. The second-order valence-corrected chi connectivity index (χ2v) is 4.41. The summed E-state index contributed by atoms with van der Waals surface area (Å²) in [5.41, 5.74) is 0. The molecule has 2 unspecified atom stereocenters. The predicted octanol–water partition coefficient (Wildman–Crippen LogP) is 3.12. The first-order valence-corrected chi connectivity index (χ1v) is 5.65. The average Bonchev–Trinajstić information content (AvgIpc) is 2.15. The van der Waals surface area contributed by atoms with Gasteiger partial charge in [0.2, 0.25) is 0 Å². The van der Waals surface area contributed by atoms with Gasteiger partial charge >= 0.3 is 0 Å². The molecule has 1 aliphatic carbocycles. The molecule has 2 atom stereocenters. The van der Waals surface area contributed by atoms with Crippen LogP contribution < -0.4 is 5.32 Å². The van der Waals surface area contributed by atoms with E-state index in [1.807, 2.05) is 0 Å². The van der Waals surface area contributed by atoms with E-state index >= 15 is 0 Å². The summed E-state index contributed by atoms with van der Waals surface area (Å²) in [7, 11) is 0. The number of hydrogen-bond donors (Lipinski definition) is 1. The first kappa shape index (κ1) is 10.8. The normalized spacial score (nSPS) is 25.1. The van der Waals surface area contributed by atoms with Gasteiger partial charge in [0.1, 0.15) is 0 Å². The van der Waals surface area contributed by atoms with Crippen LogP contribution in [0.1, 0.15) is 46.5 Å². The maximum absolute atomic E-state index is 3.75. The number of nitrogens with one attached hydrogen (secondary N) is 1. The van der Waals surface area contributed by atoms with Crippen molar-refractivity contribution in [2.45, 2.75) is 58.5 Å². The van der Waals surface area contributed by atoms with Gasteiger partial charge in [0.25, 0.3) is 0 Å². The third-order valence-electron chi connectivity index (χ3n) is 2.96. The molecule has 1 N–H and O–H groups in total. The molecule has 0 bridgehead atoms. The molecule has 0 radical (unpaired) electrons. The fourth-order valence-electron chi connectivity index (χ4n) is 2.03. The van der Waals surface area contributed by atoms with Crippen LogP contribution >= 0.6 is 0 Å². The van der Waals surface area contributed by atoms with Crippen LogP contribution in [0.25, 0.3) is 0 Å². The maximum Gasteiger partial charge on any atom is 0.0107 e. The van der Waals surface area contributed by atoms with E-state index in [4.69, 9.17) is 0 Å². The summed E-state index contributed by atoms with van der Waals surface area (Å²) in [6.45, 7) is 6.88. The SMILES string of the molecule is CCC(NC1CC=CCC1)C(C)C. The molecule has 1 heteroatoms. The summed E-state index contributed by atoms with van der Waals surface area (Å²) < 4.78 is 0. The van der Waals surface area contributed by atoms with Gasteiger partial charge in [0.05, 0.1) is 0 Å². The lowest BCUT2D eigenvalue weighted by molar-refractivity contribution is 0.330. The van der Waals surface area contributed by atoms with Crippen LogP contribution in [-0.4, -0.2) is 12.1 Å². The second kappa shape index (κ2) is 5.43. The highest BCUT2D eigenvalue weighted by molar-refractivity contribution is 4.94. The van der Waals surface area contributed by atoms with Crippen molar-refractivity contribution in [3.05, 3.63) is 12.2 Å². The largest absolute Gasteiger partial charge is 0.311 e. The molecule has 0 fully saturated rings. The van der Waals surface area contributed by atoms with E-state index in [2.05, 4.69) is 38.2 Å². The van der Waals surface area contributed by atoms with Gasteiger partial charge in [-0.15, -0.1) is 0 Å². The van der Waals surface area contributed by atoms with E-state index in [-0.39, 0.29) is 0 Å². The van der Waals surface area contributed by atoms with Crippen LogP contribution in [-0.2, 0) is 0 Å². The van der Waals surface area contributed by atoms with Gasteiger partial charge in [-0.2, -0.15) is 0 Å². The van der Waals surface area contributed by atoms with E-state index in [9.17, 15) is 0 Å². The van der Waals surface area contributed by atoms with Crippen molar-refractivity contribution in [3.63, 3.8) is 0 Å². The fraction of sp³-hybridized carbons (Fsp3) is 0.833. The Labute approximate surface area is 82.6 Å². The minimum Gasteiger partial charge on any atom is -0.311 e. The monoisotopic (exact) mass is 181 g/mol. The van der Waals surface area contributed by atoms with E-state index in [0.29, 0.717) is 6.04 Å². The zero-order valence-electron chi connectivity index (χ0n) is 9.22. The number of rotatable bonds is 4. The lowest BCUT2D eigenvalue weighted by Gasteiger charge is -2.28. The molecule has 1 aliphatic rings. The standard InChI is InChI=1S/C12H23N/c1-4-12(10(2)3)13-11-8-6-5-7-9-11/h5-6,10-13H,4,7-9H2,1-3H3. The van der Waals surface area contributed by atoms with Crippen LogP contribution in [0.2, 0.25) is 0 Å². The third kappa shape index (κ3) is 3.51. The Hall–Kier alpha value is -0.300. The Bertz CT molecular complexity index is 161. The summed E-state index contributed by atoms with van der Waals surface area (Å²) in [6, 6.07) is 1.44. The second-order valence-electron chi connectivity index (χ2n) is 4.41. The van der Waals surface area contributed by atoms with Gasteiger partial charge in [-0.1, -0.05) is 32.9 Å². The molecule has 0 saturated carbocycles. The summed E-state index contributed by atoms with van der Waals surface area (Å²) in [6.07, 6.45) is 9.66. The molecule has 0 amide bonds. The Morgan fingerprint density at radius 2 is 2.15 bits per heavy atom. The van der Waals surface area contributed by atoms with Gasteiger partial charge < -0.3 is 5.32 Å². The Kier molecular flexibility index (Phi) is 4.51. The average molecular weight is 181 g/mol. The molecule has 0 aliphatic heterocycles. The van der Waals surface area contributed by atoms with Gasteiger partial charge in [0.15, 0.2) is 0 Å². The van der Waals surface area contributed by atoms with Gasteiger partial charge in [-0.05, 0) is 31.6 Å². The fourth-order valence-corrected chi connectivity index (χ4v) is 2.03. The van der Waals surface area contributed by atoms with Gasteiger partial charge in [-0.3, -0.25) is 0 Å². The zero-order chi connectivity index (χ0) is 9.68. The van der Waals surface area contributed by atoms with Crippen LogP contribution in [0.5, 0.6) is 0 Å². The van der Waals surface area contributed by atoms with E-state index in [1.54, 1.807) is 0 Å². The predicted molar refractivity (Wildman–Crippen MR) is 58.8 cm³/mol. The molecule has 0 heterocycles. The molecular weight excluding hydrogens is 158 g/mol. The molecule has 0 spiro atoms. The number of allylic oxidation sites excluding steroid dienone is 1. The molecule has 13 heavy (non-hydrogen) atoms. The van der Waals surface area contributed by atoms with Crippen LogP contribution in [0.15, 0.2) is 12.2 Å². The summed E-state index contributed by atoms with van der Waals surface area (Å²) in [5, 5.41) is 3.75. The molecule has 1 nitrogen and oxygen atoms in total. The molecule has 0 aromatic heterocycles. The molecule has 1 rings (SSSR count). The smallest absolute Gasteiger partial charge is 0.0107 e. The van der Waals surface area contributed by atoms with E-state index in [0.717, 1.165) is 12.0 Å². The minimum atomic E-state index is 0.705. The van der Waals surface area contributed by atoms with Crippen molar-refractivity contribution in [2.75, 3.05) is 0 Å².